The second kappa shape index (κ2) is 3.46. The van der Waals surface area contributed by atoms with E-state index in [9.17, 15) is 10.2 Å². The first-order valence-corrected chi connectivity index (χ1v) is 3.63. The third kappa shape index (κ3) is 1.52. The highest BCUT2D eigenvalue weighted by Gasteiger charge is 2.39. The van der Waals surface area contributed by atoms with Gasteiger partial charge < -0.3 is 26.4 Å². The molecule has 1 unspecified atom stereocenters. The highest BCUT2D eigenvalue weighted by atomic mass is 16.3. The molecule has 5 nitrogen and oxygen atoms in total. The van der Waals surface area contributed by atoms with Gasteiger partial charge in [0, 0.05) is 12.6 Å². The largest absolute Gasteiger partial charge is 0.395 e. The lowest BCUT2D eigenvalue weighted by atomic mass is 10.1. The van der Waals surface area contributed by atoms with Crippen LogP contribution in [0.4, 0.5) is 0 Å². The Bertz CT molecular complexity index is 115. The predicted molar refractivity (Wildman–Crippen MR) is 38.9 cm³/mol. The molecule has 1 rings (SSSR count). The van der Waals surface area contributed by atoms with Crippen molar-refractivity contribution >= 4 is 0 Å². The van der Waals surface area contributed by atoms with E-state index in [4.69, 9.17) is 10.8 Å². The average Bonchev–Trinajstić information content (AvgIpc) is 2.30. The topological polar surface area (TPSA) is 98.7 Å². The van der Waals surface area contributed by atoms with Crippen molar-refractivity contribution < 1.29 is 15.3 Å². The van der Waals surface area contributed by atoms with Crippen LogP contribution in [-0.4, -0.2) is 52.8 Å². The number of aliphatic hydroxyl groups is 3. The van der Waals surface area contributed by atoms with Gasteiger partial charge in [-0.2, -0.15) is 0 Å². The Hall–Kier alpha value is -0.200. The average molecular weight is 162 g/mol. The predicted octanol–water partition coefficient (Wildman–Crippen LogP) is -3.00. The molecule has 1 aliphatic heterocycles. The molecule has 0 aromatic heterocycles. The first kappa shape index (κ1) is 8.89. The van der Waals surface area contributed by atoms with Gasteiger partial charge in [0.25, 0.3) is 0 Å². The molecule has 66 valence electrons. The van der Waals surface area contributed by atoms with Gasteiger partial charge in [-0.25, -0.2) is 0 Å². The Balaban J connectivity index is 2.53. The molecule has 0 spiro atoms. The van der Waals surface area contributed by atoms with Crippen molar-refractivity contribution in [3.63, 3.8) is 0 Å². The first-order chi connectivity index (χ1) is 5.20. The molecule has 1 aliphatic rings. The van der Waals surface area contributed by atoms with Crippen LogP contribution >= 0.6 is 0 Å². The molecule has 0 amide bonds. The van der Waals surface area contributed by atoms with Gasteiger partial charge in [-0.1, -0.05) is 0 Å². The zero-order chi connectivity index (χ0) is 8.43. The lowest BCUT2D eigenvalue weighted by Crippen LogP contribution is -2.40. The van der Waals surface area contributed by atoms with Crippen LogP contribution < -0.4 is 11.1 Å². The van der Waals surface area contributed by atoms with Gasteiger partial charge in [0.2, 0.25) is 0 Å². The van der Waals surface area contributed by atoms with E-state index in [1.54, 1.807) is 0 Å². The fourth-order valence-electron chi connectivity index (χ4n) is 1.32. The van der Waals surface area contributed by atoms with Gasteiger partial charge in [0.1, 0.15) is 0 Å². The van der Waals surface area contributed by atoms with Crippen molar-refractivity contribution in [2.45, 2.75) is 24.3 Å². The molecule has 0 aromatic carbocycles. The SMILES string of the molecule is NCC1N[C@H](CO)[C@@H](O)[C@@H]1O. The summed E-state index contributed by atoms with van der Waals surface area (Å²) in [5, 5.41) is 30.0. The van der Waals surface area contributed by atoms with E-state index in [0.29, 0.717) is 0 Å². The summed E-state index contributed by atoms with van der Waals surface area (Å²) in [5.74, 6) is 0. The maximum absolute atomic E-state index is 9.26. The molecule has 4 atom stereocenters. The molecule has 6 N–H and O–H groups in total. The molecular weight excluding hydrogens is 148 g/mol. The minimum absolute atomic E-state index is 0.186. The summed E-state index contributed by atoms with van der Waals surface area (Å²) in [4.78, 5) is 0. The van der Waals surface area contributed by atoms with Crippen molar-refractivity contribution in [3.05, 3.63) is 0 Å². The molecule has 5 heteroatoms. The number of hydrogen-bond donors (Lipinski definition) is 5. The summed E-state index contributed by atoms with van der Waals surface area (Å²) >= 11 is 0. The van der Waals surface area contributed by atoms with E-state index in [2.05, 4.69) is 5.32 Å². The minimum atomic E-state index is -0.909. The zero-order valence-corrected chi connectivity index (χ0v) is 6.14. The van der Waals surface area contributed by atoms with Crippen LogP contribution in [0.2, 0.25) is 0 Å². The molecule has 11 heavy (non-hydrogen) atoms. The van der Waals surface area contributed by atoms with Gasteiger partial charge in [0.15, 0.2) is 0 Å². The Morgan fingerprint density at radius 2 is 1.73 bits per heavy atom. The van der Waals surface area contributed by atoms with Crippen molar-refractivity contribution in [2.24, 2.45) is 5.73 Å². The van der Waals surface area contributed by atoms with E-state index in [0.717, 1.165) is 0 Å². The molecule has 0 bridgehead atoms. The number of hydrogen-bond acceptors (Lipinski definition) is 5. The molecule has 1 fully saturated rings. The van der Waals surface area contributed by atoms with Crippen molar-refractivity contribution in [2.75, 3.05) is 13.2 Å². The molecule has 1 heterocycles. The van der Waals surface area contributed by atoms with Gasteiger partial charge in [0.05, 0.1) is 24.9 Å². The van der Waals surface area contributed by atoms with Crippen molar-refractivity contribution in [1.29, 1.82) is 0 Å². The Kier molecular flexibility index (Phi) is 2.80. The van der Waals surface area contributed by atoms with Gasteiger partial charge in [-0.05, 0) is 0 Å². The summed E-state index contributed by atoms with van der Waals surface area (Å²) in [6.45, 7) is 0.0729. The monoisotopic (exact) mass is 162 g/mol. The maximum atomic E-state index is 9.26. The van der Waals surface area contributed by atoms with Crippen LogP contribution in [-0.2, 0) is 0 Å². The third-order valence-electron chi connectivity index (χ3n) is 2.05. The van der Waals surface area contributed by atoms with Crippen LogP contribution in [0.1, 0.15) is 0 Å². The summed E-state index contributed by atoms with van der Waals surface area (Å²) in [5.41, 5.74) is 5.29. The van der Waals surface area contributed by atoms with E-state index in [1.807, 2.05) is 0 Å². The number of aliphatic hydroxyl groups excluding tert-OH is 3. The summed E-state index contributed by atoms with van der Waals surface area (Å²) in [6.07, 6.45) is -1.77. The quantitative estimate of drug-likeness (QED) is 0.298. The Labute approximate surface area is 64.8 Å². The molecule has 0 aliphatic carbocycles. The summed E-state index contributed by atoms with van der Waals surface area (Å²) < 4.78 is 0. The van der Waals surface area contributed by atoms with Gasteiger partial charge >= 0.3 is 0 Å². The fourth-order valence-corrected chi connectivity index (χ4v) is 1.32. The van der Waals surface area contributed by atoms with Crippen LogP contribution in [0.15, 0.2) is 0 Å². The Morgan fingerprint density at radius 1 is 1.18 bits per heavy atom. The second-order valence-electron chi connectivity index (χ2n) is 2.78. The zero-order valence-electron chi connectivity index (χ0n) is 6.14. The van der Waals surface area contributed by atoms with Crippen LogP contribution in [0.5, 0.6) is 0 Å². The van der Waals surface area contributed by atoms with Gasteiger partial charge in [-0.3, -0.25) is 0 Å². The number of nitrogens with one attached hydrogen (secondary N) is 1. The first-order valence-electron chi connectivity index (χ1n) is 3.63. The Morgan fingerprint density at radius 3 is 2.00 bits per heavy atom. The smallest absolute Gasteiger partial charge is 0.0989 e. The molecule has 0 radical (unpaired) electrons. The van der Waals surface area contributed by atoms with Crippen LogP contribution in [0.3, 0.4) is 0 Å². The highest BCUT2D eigenvalue weighted by molar-refractivity contribution is 4.98. The molecule has 0 aromatic rings. The maximum Gasteiger partial charge on any atom is 0.0989 e. The van der Waals surface area contributed by atoms with E-state index in [-0.39, 0.29) is 19.2 Å². The van der Waals surface area contributed by atoms with Crippen molar-refractivity contribution in [3.8, 4) is 0 Å². The van der Waals surface area contributed by atoms with Crippen LogP contribution in [0, 0.1) is 0 Å². The standard InChI is InChI=1S/C6H14N2O3/c7-1-3-5(10)6(11)4(2-9)8-3/h3-6,8-11H,1-2,7H2/t3?,4-,5-,6-/m1/s1. The lowest BCUT2D eigenvalue weighted by Gasteiger charge is -2.12. The molecular formula is C6H14N2O3. The highest BCUT2D eigenvalue weighted by Crippen LogP contribution is 2.12. The van der Waals surface area contributed by atoms with E-state index < -0.39 is 18.2 Å². The van der Waals surface area contributed by atoms with E-state index in [1.165, 1.54) is 0 Å². The van der Waals surface area contributed by atoms with Crippen molar-refractivity contribution in [1.82, 2.24) is 5.32 Å². The summed E-state index contributed by atoms with van der Waals surface area (Å²) in [7, 11) is 0. The fraction of sp³-hybridized carbons (Fsp3) is 1.00. The minimum Gasteiger partial charge on any atom is -0.395 e. The van der Waals surface area contributed by atoms with Crippen LogP contribution in [0.25, 0.3) is 0 Å². The lowest BCUT2D eigenvalue weighted by molar-refractivity contribution is 0.0205. The summed E-state index contributed by atoms with van der Waals surface area (Å²) in [6, 6.07) is -0.749. The third-order valence-corrected chi connectivity index (χ3v) is 2.05. The molecule has 0 saturated carbocycles. The second-order valence-corrected chi connectivity index (χ2v) is 2.78. The normalized spacial score (nSPS) is 44.7. The van der Waals surface area contributed by atoms with Gasteiger partial charge in [-0.15, -0.1) is 0 Å². The van der Waals surface area contributed by atoms with E-state index >= 15 is 0 Å². The number of nitrogens with two attached hydrogens (primary N) is 1. The molecule has 1 saturated heterocycles. The number of rotatable bonds is 2.